The second kappa shape index (κ2) is 6.70. The number of nitrogens with one attached hydrogen (secondary N) is 1. The summed E-state index contributed by atoms with van der Waals surface area (Å²) in [6.45, 7) is 5.69. The minimum Gasteiger partial charge on any atom is -0.443 e. The number of amides is 1. The van der Waals surface area contributed by atoms with Gasteiger partial charge in [-0.1, -0.05) is 25.1 Å². The van der Waals surface area contributed by atoms with Crippen LogP contribution in [-0.4, -0.2) is 10.5 Å². The van der Waals surface area contributed by atoms with Crippen molar-refractivity contribution in [3.8, 4) is 12.0 Å². The van der Waals surface area contributed by atoms with Crippen molar-refractivity contribution < 1.29 is 9.21 Å². The van der Waals surface area contributed by atoms with Crippen LogP contribution < -0.4 is 5.32 Å². The van der Waals surface area contributed by atoms with E-state index in [2.05, 4.69) is 11.4 Å². The molecular formula is C20H19N3O2. The molecule has 5 nitrogen and oxygen atoms in total. The zero-order valence-electron chi connectivity index (χ0n) is 14.5. The first-order valence-electron chi connectivity index (χ1n) is 8.13. The van der Waals surface area contributed by atoms with Gasteiger partial charge in [0.25, 0.3) is 5.91 Å². The number of hydrogen-bond donors (Lipinski definition) is 1. The van der Waals surface area contributed by atoms with Crippen LogP contribution in [0.3, 0.4) is 0 Å². The van der Waals surface area contributed by atoms with Crippen LogP contribution in [0.4, 0.5) is 5.69 Å². The average molecular weight is 333 g/mol. The van der Waals surface area contributed by atoms with E-state index in [1.54, 1.807) is 23.9 Å². The van der Waals surface area contributed by atoms with Gasteiger partial charge in [0.15, 0.2) is 0 Å². The van der Waals surface area contributed by atoms with Gasteiger partial charge in [0, 0.05) is 18.1 Å². The van der Waals surface area contributed by atoms with Crippen LogP contribution in [0.25, 0.3) is 5.88 Å². The third-order valence-corrected chi connectivity index (χ3v) is 4.22. The summed E-state index contributed by atoms with van der Waals surface area (Å²) in [5, 5.41) is 12.5. The Labute approximate surface area is 146 Å². The number of rotatable bonds is 4. The molecule has 0 aliphatic heterocycles. The van der Waals surface area contributed by atoms with Gasteiger partial charge < -0.3 is 9.73 Å². The summed E-state index contributed by atoms with van der Waals surface area (Å²) in [4.78, 5) is 12.9. The Morgan fingerprint density at radius 1 is 1.24 bits per heavy atom. The third-order valence-electron chi connectivity index (χ3n) is 4.22. The second-order valence-electron chi connectivity index (χ2n) is 5.83. The Kier molecular flexibility index (Phi) is 4.44. The molecule has 5 heteroatoms. The summed E-state index contributed by atoms with van der Waals surface area (Å²) < 4.78 is 7.39. The summed E-state index contributed by atoms with van der Waals surface area (Å²) >= 11 is 0. The zero-order valence-corrected chi connectivity index (χ0v) is 14.5. The Bertz CT molecular complexity index is 960. The van der Waals surface area contributed by atoms with E-state index in [1.807, 2.05) is 44.2 Å². The SMILES string of the molecule is CCc1cccc(C)c1NC(=O)c1c(C)oc(-n2cccc2)c1C#N. The summed E-state index contributed by atoms with van der Waals surface area (Å²) in [5.41, 5.74) is 3.34. The van der Waals surface area contributed by atoms with Gasteiger partial charge in [-0.15, -0.1) is 0 Å². The first-order chi connectivity index (χ1) is 12.1. The van der Waals surface area contributed by atoms with Gasteiger partial charge >= 0.3 is 0 Å². The molecule has 0 bridgehead atoms. The molecule has 3 rings (SSSR count). The second-order valence-corrected chi connectivity index (χ2v) is 5.83. The number of aromatic nitrogens is 1. The molecule has 1 N–H and O–H groups in total. The number of furan rings is 1. The molecular weight excluding hydrogens is 314 g/mol. The maximum absolute atomic E-state index is 12.9. The van der Waals surface area contributed by atoms with Crippen LogP contribution in [-0.2, 0) is 6.42 Å². The molecule has 3 aromatic rings. The first kappa shape index (κ1) is 16.6. The van der Waals surface area contributed by atoms with E-state index in [1.165, 1.54) is 0 Å². The molecule has 0 aliphatic carbocycles. The molecule has 0 radical (unpaired) electrons. The lowest BCUT2D eigenvalue weighted by Crippen LogP contribution is -2.16. The van der Waals surface area contributed by atoms with Crippen molar-refractivity contribution >= 4 is 11.6 Å². The number of nitrogens with zero attached hydrogens (tertiary/aromatic N) is 2. The number of benzene rings is 1. The standard InChI is InChI=1S/C20H19N3O2/c1-4-15-9-7-8-13(2)18(15)22-19(24)17-14(3)25-20(16(17)12-21)23-10-5-6-11-23/h5-11H,4H2,1-3H3,(H,22,24). The molecule has 0 fully saturated rings. The summed E-state index contributed by atoms with van der Waals surface area (Å²) in [5.74, 6) is 0.445. The molecule has 0 aliphatic rings. The number of para-hydroxylation sites is 1. The van der Waals surface area contributed by atoms with Crippen LogP contribution in [0.15, 0.2) is 47.1 Å². The van der Waals surface area contributed by atoms with Gasteiger partial charge in [-0.2, -0.15) is 5.26 Å². The Balaban J connectivity index is 2.03. The molecule has 2 aromatic heterocycles. The van der Waals surface area contributed by atoms with Crippen molar-refractivity contribution in [1.29, 1.82) is 5.26 Å². The molecule has 1 aromatic carbocycles. The Morgan fingerprint density at radius 2 is 1.96 bits per heavy atom. The van der Waals surface area contributed by atoms with Crippen molar-refractivity contribution in [1.82, 2.24) is 4.57 Å². The normalized spacial score (nSPS) is 10.5. The molecule has 1 amide bonds. The number of hydrogen-bond acceptors (Lipinski definition) is 3. The summed E-state index contributed by atoms with van der Waals surface area (Å²) in [7, 11) is 0. The molecule has 126 valence electrons. The fourth-order valence-electron chi connectivity index (χ4n) is 2.94. The smallest absolute Gasteiger partial charge is 0.260 e. The number of aryl methyl sites for hydroxylation is 3. The molecule has 2 heterocycles. The van der Waals surface area contributed by atoms with Crippen molar-refractivity contribution in [2.75, 3.05) is 5.32 Å². The van der Waals surface area contributed by atoms with Gasteiger partial charge in [-0.25, -0.2) is 0 Å². The highest BCUT2D eigenvalue weighted by Crippen LogP contribution is 2.28. The van der Waals surface area contributed by atoms with E-state index in [-0.39, 0.29) is 17.0 Å². The van der Waals surface area contributed by atoms with E-state index < -0.39 is 0 Å². The molecule has 0 unspecified atom stereocenters. The molecule has 0 saturated carbocycles. The van der Waals surface area contributed by atoms with Gasteiger partial charge in [0.05, 0.1) is 0 Å². The quantitative estimate of drug-likeness (QED) is 0.770. The lowest BCUT2D eigenvalue weighted by molar-refractivity contribution is 0.102. The van der Waals surface area contributed by atoms with Gasteiger partial charge in [0.1, 0.15) is 23.0 Å². The maximum Gasteiger partial charge on any atom is 0.260 e. The number of carbonyl (C=O) groups excluding carboxylic acids is 1. The van der Waals surface area contributed by atoms with E-state index in [0.717, 1.165) is 23.2 Å². The maximum atomic E-state index is 12.9. The highest BCUT2D eigenvalue weighted by Gasteiger charge is 2.25. The largest absolute Gasteiger partial charge is 0.443 e. The Hall–Kier alpha value is -3.26. The van der Waals surface area contributed by atoms with E-state index in [9.17, 15) is 10.1 Å². The van der Waals surface area contributed by atoms with Gasteiger partial charge in [0.2, 0.25) is 5.88 Å². The van der Waals surface area contributed by atoms with E-state index in [4.69, 9.17) is 4.42 Å². The third kappa shape index (κ3) is 2.94. The fraction of sp³-hybridized carbons (Fsp3) is 0.200. The highest BCUT2D eigenvalue weighted by molar-refractivity contribution is 6.08. The van der Waals surface area contributed by atoms with E-state index in [0.29, 0.717) is 11.6 Å². The summed E-state index contributed by atoms with van der Waals surface area (Å²) in [6.07, 6.45) is 4.36. The topological polar surface area (TPSA) is 71.0 Å². The lowest BCUT2D eigenvalue weighted by atomic mass is 10.0. The molecule has 0 spiro atoms. The van der Waals surface area contributed by atoms with E-state index >= 15 is 0 Å². The number of anilines is 1. The molecule has 0 saturated heterocycles. The lowest BCUT2D eigenvalue weighted by Gasteiger charge is -2.12. The van der Waals surface area contributed by atoms with Crippen molar-refractivity contribution in [2.24, 2.45) is 0 Å². The van der Waals surface area contributed by atoms with Crippen molar-refractivity contribution in [3.05, 3.63) is 70.7 Å². The van der Waals surface area contributed by atoms with Gasteiger partial charge in [-0.05, 0) is 43.5 Å². The number of nitriles is 1. The monoisotopic (exact) mass is 333 g/mol. The van der Waals surface area contributed by atoms with Crippen LogP contribution in [0.2, 0.25) is 0 Å². The van der Waals surface area contributed by atoms with Crippen LogP contribution in [0, 0.1) is 25.2 Å². The highest BCUT2D eigenvalue weighted by atomic mass is 16.4. The van der Waals surface area contributed by atoms with Crippen LogP contribution in [0.5, 0.6) is 0 Å². The average Bonchev–Trinajstić information content (AvgIpc) is 3.23. The zero-order chi connectivity index (χ0) is 18.0. The van der Waals surface area contributed by atoms with Crippen molar-refractivity contribution in [3.63, 3.8) is 0 Å². The first-order valence-corrected chi connectivity index (χ1v) is 8.13. The number of carbonyl (C=O) groups is 1. The summed E-state index contributed by atoms with van der Waals surface area (Å²) in [6, 6.07) is 11.7. The predicted molar refractivity (Wildman–Crippen MR) is 96.0 cm³/mol. The minimum atomic E-state index is -0.333. The van der Waals surface area contributed by atoms with Crippen LogP contribution >= 0.6 is 0 Å². The van der Waals surface area contributed by atoms with Crippen molar-refractivity contribution in [2.45, 2.75) is 27.2 Å². The fourth-order valence-corrected chi connectivity index (χ4v) is 2.94. The minimum absolute atomic E-state index is 0.234. The molecule has 25 heavy (non-hydrogen) atoms. The van der Waals surface area contributed by atoms with Crippen LogP contribution in [0.1, 0.15) is 39.7 Å². The van der Waals surface area contributed by atoms with Gasteiger partial charge in [-0.3, -0.25) is 9.36 Å². The Morgan fingerprint density at radius 3 is 2.60 bits per heavy atom. The molecule has 0 atom stereocenters. The predicted octanol–water partition coefficient (Wildman–Crippen LogP) is 4.37.